The quantitative estimate of drug-likeness (QED) is 0.624. The number of benzene rings is 2. The lowest BCUT2D eigenvalue weighted by Gasteiger charge is -2.35. The van der Waals surface area contributed by atoms with Gasteiger partial charge in [0.2, 0.25) is 21.8 Å². The molecular weight excluding hydrogens is 472 g/mol. The number of hydrogen-bond donors (Lipinski definition) is 0. The van der Waals surface area contributed by atoms with Crippen LogP contribution >= 0.6 is 0 Å². The highest BCUT2D eigenvalue weighted by Crippen LogP contribution is 2.36. The third-order valence-corrected chi connectivity index (χ3v) is 8.40. The Labute approximate surface area is 203 Å². The molecule has 0 spiro atoms. The Kier molecular flexibility index (Phi) is 6.08. The van der Waals surface area contributed by atoms with Crippen molar-refractivity contribution >= 4 is 27.5 Å². The van der Waals surface area contributed by atoms with Crippen LogP contribution in [-0.2, 0) is 19.6 Å². The van der Waals surface area contributed by atoms with E-state index in [0.717, 1.165) is 0 Å². The number of carbonyl (C=O) groups excluding carboxylic acids is 2. The lowest BCUT2D eigenvalue weighted by Crippen LogP contribution is -2.52. The SMILES string of the molecule is N#Cc1ccc(S(=O)(=O)N2CCN(C(=O)[C@@H]3CC(=O)N(c4ccc5c(c4)OCCO5)C3)CC2)cc1. The fourth-order valence-corrected chi connectivity index (χ4v) is 6.00. The summed E-state index contributed by atoms with van der Waals surface area (Å²) in [5.41, 5.74) is 1.05. The van der Waals surface area contributed by atoms with E-state index >= 15 is 0 Å². The van der Waals surface area contributed by atoms with Crippen molar-refractivity contribution in [3.63, 3.8) is 0 Å². The molecule has 3 heterocycles. The number of hydrogen-bond acceptors (Lipinski definition) is 7. The second kappa shape index (κ2) is 9.20. The molecule has 3 aliphatic heterocycles. The molecule has 11 heteroatoms. The highest BCUT2D eigenvalue weighted by Gasteiger charge is 2.39. The molecule has 0 N–H and O–H groups in total. The number of nitrogens with zero attached hydrogens (tertiary/aromatic N) is 4. The van der Waals surface area contributed by atoms with Crippen LogP contribution in [-0.4, -0.2) is 75.4 Å². The second-order valence-electron chi connectivity index (χ2n) is 8.60. The second-order valence-corrected chi connectivity index (χ2v) is 10.5. The van der Waals surface area contributed by atoms with Gasteiger partial charge in [0.05, 0.1) is 22.4 Å². The zero-order valence-corrected chi connectivity index (χ0v) is 19.7. The molecule has 2 saturated heterocycles. The highest BCUT2D eigenvalue weighted by molar-refractivity contribution is 7.89. The topological polar surface area (TPSA) is 120 Å². The van der Waals surface area contributed by atoms with E-state index in [1.54, 1.807) is 28.0 Å². The first-order valence-electron chi connectivity index (χ1n) is 11.4. The van der Waals surface area contributed by atoms with Crippen LogP contribution in [0.5, 0.6) is 11.5 Å². The van der Waals surface area contributed by atoms with Crippen LogP contribution in [0, 0.1) is 17.2 Å². The number of sulfonamides is 1. The third kappa shape index (κ3) is 4.42. The molecule has 0 radical (unpaired) electrons. The Morgan fingerprint density at radius 1 is 0.971 bits per heavy atom. The lowest BCUT2D eigenvalue weighted by molar-refractivity contribution is -0.136. The van der Waals surface area contributed by atoms with Crippen molar-refractivity contribution in [2.45, 2.75) is 11.3 Å². The first-order valence-corrected chi connectivity index (χ1v) is 12.8. The number of carbonyl (C=O) groups is 2. The summed E-state index contributed by atoms with van der Waals surface area (Å²) in [7, 11) is -3.71. The maximum atomic E-state index is 13.2. The summed E-state index contributed by atoms with van der Waals surface area (Å²) < 4.78 is 38.3. The van der Waals surface area contributed by atoms with Crippen LogP contribution in [0.1, 0.15) is 12.0 Å². The molecule has 0 saturated carbocycles. The predicted molar refractivity (Wildman–Crippen MR) is 124 cm³/mol. The molecule has 1 atom stereocenters. The number of rotatable bonds is 4. The number of nitriles is 1. The molecular formula is C24H24N4O6S. The normalized spacial score (nSPS) is 20.5. The summed E-state index contributed by atoms with van der Waals surface area (Å²) in [4.78, 5) is 29.2. The van der Waals surface area contributed by atoms with E-state index in [2.05, 4.69) is 0 Å². The van der Waals surface area contributed by atoms with Gasteiger partial charge in [0.1, 0.15) is 13.2 Å². The summed E-state index contributed by atoms with van der Waals surface area (Å²) in [6.45, 7) is 2.03. The standard InChI is InChI=1S/C24H24N4O6S/c25-15-17-1-4-20(5-2-17)35(31,32)27-9-7-26(8-10-27)24(30)18-13-23(29)28(16-18)19-3-6-21-22(14-19)34-12-11-33-21/h1-6,14,18H,7-13,16H2/t18-/m1/s1. The molecule has 35 heavy (non-hydrogen) atoms. The van der Waals surface area contributed by atoms with Crippen LogP contribution in [0.25, 0.3) is 0 Å². The van der Waals surface area contributed by atoms with Crippen LogP contribution in [0.4, 0.5) is 5.69 Å². The Morgan fingerprint density at radius 3 is 2.34 bits per heavy atom. The van der Waals surface area contributed by atoms with Gasteiger partial charge in [-0.1, -0.05) is 0 Å². The van der Waals surface area contributed by atoms with E-state index in [1.165, 1.54) is 28.6 Å². The lowest BCUT2D eigenvalue weighted by atomic mass is 10.1. The molecule has 0 aliphatic carbocycles. The fourth-order valence-electron chi connectivity index (χ4n) is 4.58. The van der Waals surface area contributed by atoms with Crippen molar-refractivity contribution in [2.75, 3.05) is 50.8 Å². The third-order valence-electron chi connectivity index (χ3n) is 6.48. The van der Waals surface area contributed by atoms with Gasteiger partial charge in [0.15, 0.2) is 11.5 Å². The predicted octanol–water partition coefficient (Wildman–Crippen LogP) is 1.22. The van der Waals surface area contributed by atoms with Crippen LogP contribution in [0.15, 0.2) is 47.4 Å². The molecule has 10 nitrogen and oxygen atoms in total. The van der Waals surface area contributed by atoms with Crippen molar-refractivity contribution in [3.8, 4) is 17.6 Å². The number of ether oxygens (including phenoxy) is 2. The Morgan fingerprint density at radius 2 is 1.66 bits per heavy atom. The first-order chi connectivity index (χ1) is 16.9. The number of piperazine rings is 1. The summed E-state index contributed by atoms with van der Waals surface area (Å²) in [5.74, 6) is 0.442. The summed E-state index contributed by atoms with van der Waals surface area (Å²) >= 11 is 0. The zero-order chi connectivity index (χ0) is 24.6. The number of fused-ring (bicyclic) bond motifs is 1. The van der Waals surface area contributed by atoms with E-state index in [9.17, 15) is 18.0 Å². The van der Waals surface area contributed by atoms with E-state index in [4.69, 9.17) is 14.7 Å². The Hall–Kier alpha value is -3.62. The summed E-state index contributed by atoms with van der Waals surface area (Å²) in [6, 6.07) is 13.0. The van der Waals surface area contributed by atoms with Gasteiger partial charge >= 0.3 is 0 Å². The van der Waals surface area contributed by atoms with E-state index in [1.807, 2.05) is 6.07 Å². The molecule has 182 valence electrons. The molecule has 0 aromatic heterocycles. The van der Waals surface area contributed by atoms with Crippen molar-refractivity contribution in [1.29, 1.82) is 5.26 Å². The van der Waals surface area contributed by atoms with Crippen LogP contribution in [0.2, 0.25) is 0 Å². The minimum absolute atomic E-state index is 0.108. The highest BCUT2D eigenvalue weighted by atomic mass is 32.2. The molecule has 2 aromatic carbocycles. The van der Waals surface area contributed by atoms with E-state index < -0.39 is 15.9 Å². The van der Waals surface area contributed by atoms with Gasteiger partial charge in [-0.25, -0.2) is 8.42 Å². The molecule has 5 rings (SSSR count). The number of anilines is 1. The van der Waals surface area contributed by atoms with E-state index in [0.29, 0.717) is 36.0 Å². The molecule has 0 unspecified atom stereocenters. The summed E-state index contributed by atoms with van der Waals surface area (Å²) in [6.07, 6.45) is 0.108. The monoisotopic (exact) mass is 496 g/mol. The van der Waals surface area contributed by atoms with Gasteiger partial charge in [-0.15, -0.1) is 0 Å². The maximum Gasteiger partial charge on any atom is 0.243 e. The van der Waals surface area contributed by atoms with Crippen molar-refractivity contribution < 1.29 is 27.5 Å². The molecule has 3 aliphatic rings. The van der Waals surface area contributed by atoms with Gasteiger partial charge in [0.25, 0.3) is 0 Å². The average Bonchev–Trinajstić information content (AvgIpc) is 3.29. The number of amides is 2. The zero-order valence-electron chi connectivity index (χ0n) is 18.9. The van der Waals surface area contributed by atoms with Crippen molar-refractivity contribution in [1.82, 2.24) is 9.21 Å². The van der Waals surface area contributed by atoms with Crippen molar-refractivity contribution in [3.05, 3.63) is 48.0 Å². The fraction of sp³-hybridized carbons (Fsp3) is 0.375. The Bertz CT molecular complexity index is 1300. The maximum absolute atomic E-state index is 13.2. The molecule has 2 amide bonds. The minimum Gasteiger partial charge on any atom is -0.486 e. The molecule has 2 fully saturated rings. The van der Waals surface area contributed by atoms with Crippen molar-refractivity contribution in [2.24, 2.45) is 5.92 Å². The molecule has 0 bridgehead atoms. The van der Waals surface area contributed by atoms with Gasteiger partial charge in [-0.05, 0) is 36.4 Å². The first kappa shape index (κ1) is 23.1. The van der Waals surface area contributed by atoms with Crippen LogP contribution < -0.4 is 14.4 Å². The van der Waals surface area contributed by atoms with Gasteiger partial charge in [0, 0.05) is 50.9 Å². The van der Waals surface area contributed by atoms with Gasteiger partial charge in [-0.2, -0.15) is 9.57 Å². The molecule has 2 aromatic rings. The Balaban J connectivity index is 1.21. The van der Waals surface area contributed by atoms with E-state index in [-0.39, 0.29) is 55.9 Å². The summed E-state index contributed by atoms with van der Waals surface area (Å²) in [5, 5.41) is 8.91. The largest absolute Gasteiger partial charge is 0.486 e. The average molecular weight is 497 g/mol. The van der Waals surface area contributed by atoms with Crippen LogP contribution in [0.3, 0.4) is 0 Å². The van der Waals surface area contributed by atoms with Gasteiger partial charge in [-0.3, -0.25) is 9.59 Å². The van der Waals surface area contributed by atoms with Gasteiger partial charge < -0.3 is 19.3 Å². The smallest absolute Gasteiger partial charge is 0.243 e. The minimum atomic E-state index is -3.71.